The number of nitrogens with two attached hydrogens (primary N) is 1. The van der Waals surface area contributed by atoms with Gasteiger partial charge in [0, 0.05) is 12.6 Å². The van der Waals surface area contributed by atoms with Crippen molar-refractivity contribution in [3.63, 3.8) is 0 Å². The molecule has 0 bridgehead atoms. The lowest BCUT2D eigenvalue weighted by atomic mass is 10.3. The van der Waals surface area contributed by atoms with Crippen LogP contribution in [-0.4, -0.2) is 40.5 Å². The van der Waals surface area contributed by atoms with Gasteiger partial charge >= 0.3 is 0 Å². The topological polar surface area (TPSA) is 67.1 Å². The van der Waals surface area contributed by atoms with Gasteiger partial charge in [0.15, 0.2) is 5.82 Å². The van der Waals surface area contributed by atoms with E-state index in [0.29, 0.717) is 10.8 Å². The lowest BCUT2D eigenvalue weighted by molar-refractivity contribution is 0.294. The van der Waals surface area contributed by atoms with Crippen molar-refractivity contribution < 1.29 is 0 Å². The Balaban J connectivity index is 2.61. The number of hydrogen-bond acceptors (Lipinski definition) is 5. The first kappa shape index (κ1) is 14.0. The lowest BCUT2D eigenvalue weighted by Crippen LogP contribution is -2.35. The highest BCUT2D eigenvalue weighted by Crippen LogP contribution is 2.19. The van der Waals surface area contributed by atoms with Gasteiger partial charge in [0.05, 0.1) is 6.20 Å². The van der Waals surface area contributed by atoms with Crippen LogP contribution in [0.5, 0.6) is 0 Å². The molecule has 17 heavy (non-hydrogen) atoms. The van der Waals surface area contributed by atoms with E-state index in [4.69, 9.17) is 17.3 Å². The van der Waals surface area contributed by atoms with Crippen LogP contribution in [-0.2, 0) is 0 Å². The normalized spacial score (nSPS) is 12.8. The molecule has 0 aliphatic heterocycles. The molecule has 0 saturated carbocycles. The number of rotatable bonds is 6. The minimum Gasteiger partial charge on any atom is -0.368 e. The van der Waals surface area contributed by atoms with Crippen molar-refractivity contribution in [1.82, 2.24) is 14.9 Å². The van der Waals surface area contributed by atoms with Crippen molar-refractivity contribution in [3.05, 3.63) is 11.2 Å². The Bertz CT molecular complexity index is 354. The summed E-state index contributed by atoms with van der Waals surface area (Å²) in [6.45, 7) is 9.38. The first-order valence-electron chi connectivity index (χ1n) is 5.83. The number of aromatic nitrogens is 2. The summed E-state index contributed by atoms with van der Waals surface area (Å²) < 4.78 is 0. The van der Waals surface area contributed by atoms with Crippen molar-refractivity contribution in [2.24, 2.45) is 0 Å². The van der Waals surface area contributed by atoms with Crippen molar-refractivity contribution in [1.29, 1.82) is 0 Å². The van der Waals surface area contributed by atoms with Gasteiger partial charge in [-0.15, -0.1) is 0 Å². The molecule has 1 atom stereocenters. The fraction of sp³-hybridized carbons (Fsp3) is 0.636. The van der Waals surface area contributed by atoms with Crippen molar-refractivity contribution in [2.45, 2.75) is 26.8 Å². The Kier molecular flexibility index (Phi) is 5.44. The number of likely N-dealkylation sites (N-methyl/N-ethyl adjacent to an activating group) is 1. The maximum Gasteiger partial charge on any atom is 0.222 e. The van der Waals surface area contributed by atoms with Crippen LogP contribution in [0, 0.1) is 0 Å². The summed E-state index contributed by atoms with van der Waals surface area (Å²) in [6.07, 6.45) is 1.51. The number of anilines is 2. The molecule has 1 heterocycles. The summed E-state index contributed by atoms with van der Waals surface area (Å²) in [5.41, 5.74) is 5.53. The molecule has 0 aromatic carbocycles. The van der Waals surface area contributed by atoms with Crippen LogP contribution in [0.25, 0.3) is 0 Å². The zero-order valence-electron chi connectivity index (χ0n) is 10.6. The van der Waals surface area contributed by atoms with Gasteiger partial charge in [-0.1, -0.05) is 25.4 Å². The Morgan fingerprint density at radius 2 is 2.12 bits per heavy atom. The van der Waals surface area contributed by atoms with E-state index in [1.165, 1.54) is 6.20 Å². The van der Waals surface area contributed by atoms with Crippen LogP contribution in [0.3, 0.4) is 0 Å². The van der Waals surface area contributed by atoms with Crippen LogP contribution in [0.4, 0.5) is 11.8 Å². The molecule has 0 radical (unpaired) electrons. The predicted molar refractivity (Wildman–Crippen MR) is 72.3 cm³/mol. The van der Waals surface area contributed by atoms with Crippen LogP contribution in [0.2, 0.25) is 5.02 Å². The maximum atomic E-state index is 5.99. The third-order valence-electron chi connectivity index (χ3n) is 2.57. The second-order valence-corrected chi connectivity index (χ2v) is 4.36. The molecular weight excluding hydrogens is 238 g/mol. The van der Waals surface area contributed by atoms with E-state index in [9.17, 15) is 0 Å². The van der Waals surface area contributed by atoms with E-state index in [2.05, 4.69) is 41.0 Å². The van der Waals surface area contributed by atoms with E-state index in [1.807, 2.05) is 0 Å². The molecule has 3 N–H and O–H groups in total. The van der Waals surface area contributed by atoms with Gasteiger partial charge in [0.1, 0.15) is 5.02 Å². The smallest absolute Gasteiger partial charge is 0.222 e. The molecule has 0 amide bonds. The van der Waals surface area contributed by atoms with Crippen LogP contribution in [0.1, 0.15) is 20.8 Å². The van der Waals surface area contributed by atoms with Crippen LogP contribution in [0.15, 0.2) is 6.20 Å². The third-order valence-corrected chi connectivity index (χ3v) is 2.85. The second-order valence-electron chi connectivity index (χ2n) is 3.96. The molecule has 96 valence electrons. The molecule has 6 heteroatoms. The van der Waals surface area contributed by atoms with Gasteiger partial charge in [0.2, 0.25) is 5.95 Å². The third kappa shape index (κ3) is 4.36. The van der Waals surface area contributed by atoms with Crippen molar-refractivity contribution >= 4 is 23.4 Å². The van der Waals surface area contributed by atoms with Crippen molar-refractivity contribution in [3.8, 4) is 0 Å². The van der Waals surface area contributed by atoms with E-state index in [0.717, 1.165) is 19.6 Å². The minimum absolute atomic E-state index is 0.229. The van der Waals surface area contributed by atoms with E-state index in [-0.39, 0.29) is 12.0 Å². The molecule has 1 unspecified atom stereocenters. The van der Waals surface area contributed by atoms with Gasteiger partial charge in [-0.05, 0) is 20.0 Å². The monoisotopic (exact) mass is 257 g/mol. The number of nitrogen functional groups attached to an aromatic ring is 1. The Labute approximate surface area is 107 Å². The summed E-state index contributed by atoms with van der Waals surface area (Å²) in [5, 5.41) is 3.74. The van der Waals surface area contributed by atoms with Gasteiger partial charge in [-0.3, -0.25) is 0 Å². The zero-order chi connectivity index (χ0) is 12.8. The number of nitrogens with one attached hydrogen (secondary N) is 1. The fourth-order valence-corrected chi connectivity index (χ4v) is 1.78. The van der Waals surface area contributed by atoms with E-state index in [1.54, 1.807) is 0 Å². The summed E-state index contributed by atoms with van der Waals surface area (Å²) in [7, 11) is 0. The first-order valence-corrected chi connectivity index (χ1v) is 6.21. The van der Waals surface area contributed by atoms with Crippen LogP contribution >= 0.6 is 11.6 Å². The average molecular weight is 258 g/mol. The quantitative estimate of drug-likeness (QED) is 0.814. The van der Waals surface area contributed by atoms with Crippen LogP contribution < -0.4 is 11.1 Å². The Hall–Kier alpha value is -1.07. The summed E-state index contributed by atoms with van der Waals surface area (Å²) in [6, 6.07) is 0.252. The Morgan fingerprint density at radius 1 is 1.47 bits per heavy atom. The van der Waals surface area contributed by atoms with Gasteiger partial charge in [-0.2, -0.15) is 4.98 Å². The molecule has 0 fully saturated rings. The first-order chi connectivity index (χ1) is 8.06. The SMILES string of the molecule is CCN(CC)CC(C)Nc1nc(N)ncc1Cl. The highest BCUT2D eigenvalue weighted by molar-refractivity contribution is 6.32. The molecular formula is C11H20ClN5. The summed E-state index contributed by atoms with van der Waals surface area (Å²) >= 11 is 5.99. The second kappa shape index (κ2) is 6.61. The zero-order valence-corrected chi connectivity index (χ0v) is 11.3. The molecule has 0 saturated heterocycles. The molecule has 1 aromatic heterocycles. The molecule has 0 spiro atoms. The number of halogens is 1. The fourth-order valence-electron chi connectivity index (χ4n) is 1.63. The highest BCUT2D eigenvalue weighted by Gasteiger charge is 2.10. The Morgan fingerprint density at radius 3 is 2.71 bits per heavy atom. The standard InChI is InChI=1S/C11H20ClN5/c1-4-17(5-2)7-8(3)15-10-9(12)6-14-11(13)16-10/h6,8H,4-5,7H2,1-3H3,(H3,13,14,15,16). The highest BCUT2D eigenvalue weighted by atomic mass is 35.5. The lowest BCUT2D eigenvalue weighted by Gasteiger charge is -2.24. The molecule has 0 aliphatic rings. The number of hydrogen-bond donors (Lipinski definition) is 2. The molecule has 1 aromatic rings. The van der Waals surface area contributed by atoms with Gasteiger partial charge in [0.25, 0.3) is 0 Å². The molecule has 5 nitrogen and oxygen atoms in total. The molecule has 1 rings (SSSR count). The number of nitrogens with zero attached hydrogens (tertiary/aromatic N) is 3. The molecule has 0 aliphatic carbocycles. The van der Waals surface area contributed by atoms with Gasteiger partial charge in [-0.25, -0.2) is 4.98 Å². The van der Waals surface area contributed by atoms with E-state index >= 15 is 0 Å². The largest absolute Gasteiger partial charge is 0.368 e. The average Bonchev–Trinajstić information content (AvgIpc) is 2.31. The summed E-state index contributed by atoms with van der Waals surface area (Å²) in [4.78, 5) is 10.2. The van der Waals surface area contributed by atoms with Crippen molar-refractivity contribution in [2.75, 3.05) is 30.7 Å². The maximum absolute atomic E-state index is 5.99. The summed E-state index contributed by atoms with van der Waals surface area (Å²) in [5.74, 6) is 0.825. The van der Waals surface area contributed by atoms with Gasteiger partial charge < -0.3 is 16.0 Å². The minimum atomic E-state index is 0.229. The van der Waals surface area contributed by atoms with E-state index < -0.39 is 0 Å². The predicted octanol–water partition coefficient (Wildman–Crippen LogP) is 1.85.